The summed E-state index contributed by atoms with van der Waals surface area (Å²) in [5, 5.41) is 8.36. The Kier molecular flexibility index (Phi) is 11.3. The standard InChI is InChI=1S/C38H31ClFN3O4S/c1-24-20-32(34(47-2)23-31(24)39)42-38(46)35(26-10-5-3-6-11-26)48-30-15-9-14-29(22-30)41-37(45)33(21-25-16-18-28(40)19-17-25)43-36(44)27-12-7-4-8-13-27/h3-23,35H,1-2H3,(H,41,45)(H,42,46)(H,43,44)/b33-21-. The van der Waals surface area contributed by atoms with Gasteiger partial charge in [-0.1, -0.05) is 78.3 Å². The highest BCUT2D eigenvalue weighted by molar-refractivity contribution is 8.00. The summed E-state index contributed by atoms with van der Waals surface area (Å²) in [5.41, 5.74) is 3.33. The number of carbonyl (C=O) groups is 3. The van der Waals surface area contributed by atoms with Gasteiger partial charge in [-0.2, -0.15) is 0 Å². The van der Waals surface area contributed by atoms with Gasteiger partial charge in [0.2, 0.25) is 5.91 Å². The number of hydrogen-bond donors (Lipinski definition) is 3. The molecule has 0 aliphatic heterocycles. The molecule has 0 aliphatic carbocycles. The van der Waals surface area contributed by atoms with Gasteiger partial charge in [-0.3, -0.25) is 14.4 Å². The van der Waals surface area contributed by atoms with Crippen molar-refractivity contribution in [3.8, 4) is 5.75 Å². The van der Waals surface area contributed by atoms with E-state index in [1.807, 2.05) is 43.3 Å². The lowest BCUT2D eigenvalue weighted by atomic mass is 10.1. The molecule has 0 saturated heterocycles. The zero-order valence-corrected chi connectivity index (χ0v) is 27.6. The van der Waals surface area contributed by atoms with Crippen molar-refractivity contribution in [3.05, 3.63) is 160 Å². The fourth-order valence-corrected chi connectivity index (χ4v) is 5.92. The van der Waals surface area contributed by atoms with Crippen molar-refractivity contribution in [1.29, 1.82) is 0 Å². The highest BCUT2D eigenvalue weighted by Gasteiger charge is 2.24. The Labute approximate surface area is 287 Å². The Morgan fingerprint density at radius 3 is 2.21 bits per heavy atom. The second-order valence-corrected chi connectivity index (χ2v) is 12.2. The Bertz CT molecular complexity index is 1950. The smallest absolute Gasteiger partial charge is 0.272 e. The molecule has 0 saturated carbocycles. The third-order valence-electron chi connectivity index (χ3n) is 7.13. The van der Waals surface area contributed by atoms with Gasteiger partial charge in [-0.25, -0.2) is 4.39 Å². The van der Waals surface area contributed by atoms with Gasteiger partial charge in [0.15, 0.2) is 0 Å². The first-order chi connectivity index (χ1) is 23.2. The van der Waals surface area contributed by atoms with Gasteiger partial charge < -0.3 is 20.7 Å². The van der Waals surface area contributed by atoms with Crippen LogP contribution in [-0.4, -0.2) is 24.8 Å². The quantitative estimate of drug-likeness (QED) is 0.0959. The first kappa shape index (κ1) is 34.0. The molecule has 242 valence electrons. The van der Waals surface area contributed by atoms with Gasteiger partial charge in [-0.05, 0) is 78.2 Å². The summed E-state index contributed by atoms with van der Waals surface area (Å²) in [4.78, 5) is 41.0. The van der Waals surface area contributed by atoms with Crippen LogP contribution in [0.25, 0.3) is 6.08 Å². The molecule has 0 fully saturated rings. The number of aryl methyl sites for hydroxylation is 1. The van der Waals surface area contributed by atoms with E-state index in [2.05, 4.69) is 16.0 Å². The topological polar surface area (TPSA) is 96.5 Å². The maximum atomic E-state index is 13.8. The zero-order valence-electron chi connectivity index (χ0n) is 26.0. The highest BCUT2D eigenvalue weighted by Crippen LogP contribution is 2.39. The number of methoxy groups -OCH3 is 1. The van der Waals surface area contributed by atoms with Crippen LogP contribution in [0, 0.1) is 12.7 Å². The van der Waals surface area contributed by atoms with Crippen molar-refractivity contribution in [1.82, 2.24) is 5.32 Å². The minimum Gasteiger partial charge on any atom is -0.495 e. The number of halogens is 2. The Morgan fingerprint density at radius 2 is 1.52 bits per heavy atom. The molecule has 7 nitrogen and oxygen atoms in total. The summed E-state index contributed by atoms with van der Waals surface area (Å²) in [5.74, 6) is -1.34. The molecule has 0 aliphatic rings. The van der Waals surface area contributed by atoms with Crippen molar-refractivity contribution in [2.75, 3.05) is 17.7 Å². The second-order valence-electron chi connectivity index (χ2n) is 10.6. The number of hydrogen-bond acceptors (Lipinski definition) is 5. The van der Waals surface area contributed by atoms with Crippen LogP contribution in [0.3, 0.4) is 0 Å². The second kappa shape index (κ2) is 15.9. The molecule has 5 aromatic carbocycles. The molecular formula is C38H31ClFN3O4S. The minimum absolute atomic E-state index is 0.0396. The molecule has 0 heterocycles. The van der Waals surface area contributed by atoms with Crippen LogP contribution in [-0.2, 0) is 9.59 Å². The monoisotopic (exact) mass is 679 g/mol. The van der Waals surface area contributed by atoms with Crippen LogP contribution in [0.2, 0.25) is 5.02 Å². The Hall–Kier alpha value is -5.38. The molecule has 5 rings (SSSR count). The maximum absolute atomic E-state index is 13.8. The van der Waals surface area contributed by atoms with Crippen LogP contribution in [0.15, 0.2) is 132 Å². The fourth-order valence-electron chi connectivity index (χ4n) is 4.68. The van der Waals surface area contributed by atoms with Crippen molar-refractivity contribution in [2.24, 2.45) is 0 Å². The van der Waals surface area contributed by atoms with E-state index in [4.69, 9.17) is 16.3 Å². The normalized spacial score (nSPS) is 11.7. The number of benzene rings is 5. The lowest BCUT2D eigenvalue weighted by Gasteiger charge is -2.19. The van der Waals surface area contributed by atoms with Crippen molar-refractivity contribution in [2.45, 2.75) is 17.1 Å². The first-order valence-electron chi connectivity index (χ1n) is 14.8. The zero-order chi connectivity index (χ0) is 34.0. The number of amides is 3. The van der Waals surface area contributed by atoms with E-state index in [1.54, 1.807) is 60.7 Å². The first-order valence-corrected chi connectivity index (χ1v) is 16.1. The molecule has 0 aromatic heterocycles. The van der Waals surface area contributed by atoms with Gasteiger partial charge in [0.05, 0.1) is 12.8 Å². The predicted molar refractivity (Wildman–Crippen MR) is 190 cm³/mol. The van der Waals surface area contributed by atoms with Crippen molar-refractivity contribution in [3.63, 3.8) is 0 Å². The third-order valence-corrected chi connectivity index (χ3v) is 8.79. The van der Waals surface area contributed by atoms with E-state index in [9.17, 15) is 18.8 Å². The predicted octanol–water partition coefficient (Wildman–Crippen LogP) is 8.68. The van der Waals surface area contributed by atoms with Gasteiger partial charge in [-0.15, -0.1) is 11.8 Å². The number of thioether (sulfide) groups is 1. The summed E-state index contributed by atoms with van der Waals surface area (Å²) in [6, 6.07) is 33.8. The molecule has 0 spiro atoms. The van der Waals surface area contributed by atoms with Crippen molar-refractivity contribution < 1.29 is 23.5 Å². The third kappa shape index (κ3) is 8.90. The van der Waals surface area contributed by atoms with Crippen LogP contribution in [0.5, 0.6) is 5.75 Å². The molecular weight excluding hydrogens is 649 g/mol. The summed E-state index contributed by atoms with van der Waals surface area (Å²) in [6.07, 6.45) is 1.47. The van der Waals surface area contributed by atoms with Gasteiger partial charge in [0.1, 0.15) is 22.5 Å². The molecule has 1 atom stereocenters. The summed E-state index contributed by atoms with van der Waals surface area (Å²) in [7, 11) is 1.51. The summed E-state index contributed by atoms with van der Waals surface area (Å²) < 4.78 is 19.0. The minimum atomic E-state index is -0.670. The number of carbonyl (C=O) groups excluding carboxylic acids is 3. The van der Waals surface area contributed by atoms with Crippen LogP contribution in [0.1, 0.15) is 32.3 Å². The number of anilines is 2. The van der Waals surface area contributed by atoms with E-state index in [-0.39, 0.29) is 11.6 Å². The number of ether oxygens (including phenoxy) is 1. The lowest BCUT2D eigenvalue weighted by Crippen LogP contribution is -2.30. The number of nitrogens with one attached hydrogen (secondary N) is 3. The van der Waals surface area contributed by atoms with Crippen molar-refractivity contribution >= 4 is 58.5 Å². The average Bonchev–Trinajstić information content (AvgIpc) is 3.10. The fraction of sp³-hybridized carbons (Fsp3) is 0.0789. The van der Waals surface area contributed by atoms with Crippen LogP contribution < -0.4 is 20.7 Å². The van der Waals surface area contributed by atoms with E-state index in [0.29, 0.717) is 38.2 Å². The molecule has 5 aromatic rings. The maximum Gasteiger partial charge on any atom is 0.272 e. The molecule has 3 N–H and O–H groups in total. The summed E-state index contributed by atoms with van der Waals surface area (Å²) in [6.45, 7) is 1.84. The summed E-state index contributed by atoms with van der Waals surface area (Å²) >= 11 is 7.57. The Balaban J connectivity index is 1.39. The largest absolute Gasteiger partial charge is 0.495 e. The lowest BCUT2D eigenvalue weighted by molar-refractivity contribution is -0.116. The van der Waals surface area contributed by atoms with Crippen LogP contribution in [0.4, 0.5) is 15.8 Å². The van der Waals surface area contributed by atoms with Gasteiger partial charge in [0, 0.05) is 27.2 Å². The molecule has 3 amide bonds. The van der Waals surface area contributed by atoms with E-state index < -0.39 is 22.9 Å². The molecule has 10 heteroatoms. The molecule has 0 bridgehead atoms. The highest BCUT2D eigenvalue weighted by atomic mass is 35.5. The average molecular weight is 680 g/mol. The molecule has 0 radical (unpaired) electrons. The molecule has 1 unspecified atom stereocenters. The van der Waals surface area contributed by atoms with E-state index in [0.717, 1.165) is 11.1 Å². The molecule has 48 heavy (non-hydrogen) atoms. The van der Waals surface area contributed by atoms with Crippen LogP contribution >= 0.6 is 23.4 Å². The van der Waals surface area contributed by atoms with E-state index >= 15 is 0 Å². The SMILES string of the molecule is COc1cc(Cl)c(C)cc1NC(=O)C(Sc1cccc(NC(=O)/C(=C/c2ccc(F)cc2)NC(=O)c2ccccc2)c1)c1ccccc1. The van der Waals surface area contributed by atoms with Gasteiger partial charge >= 0.3 is 0 Å². The van der Waals surface area contributed by atoms with Gasteiger partial charge in [0.25, 0.3) is 11.8 Å². The van der Waals surface area contributed by atoms with E-state index in [1.165, 1.54) is 49.2 Å². The Morgan fingerprint density at radius 1 is 0.833 bits per heavy atom. The number of rotatable bonds is 11.